The molecule has 7 heteroatoms. The summed E-state index contributed by atoms with van der Waals surface area (Å²) in [5.41, 5.74) is 4.17. The lowest BCUT2D eigenvalue weighted by atomic mass is 10.1. The molecule has 6 nitrogen and oxygen atoms in total. The van der Waals surface area contributed by atoms with E-state index in [2.05, 4.69) is 45.4 Å². The van der Waals surface area contributed by atoms with E-state index in [-0.39, 0.29) is 11.3 Å². The minimum atomic E-state index is 0.0560. The molecule has 0 radical (unpaired) electrons. The molecule has 4 rings (SSSR count). The fourth-order valence-electron chi connectivity index (χ4n) is 2.98. The number of rotatable bonds is 4. The number of halogens is 1. The van der Waals surface area contributed by atoms with Gasteiger partial charge in [-0.05, 0) is 36.2 Å². The lowest BCUT2D eigenvalue weighted by Gasteiger charge is -2.22. The van der Waals surface area contributed by atoms with Crippen LogP contribution >= 0.6 is 11.6 Å². The Morgan fingerprint density at radius 3 is 3.08 bits per heavy atom. The summed E-state index contributed by atoms with van der Waals surface area (Å²) in [6, 6.07) is 8.36. The third-order valence-corrected chi connectivity index (χ3v) is 4.49. The van der Waals surface area contributed by atoms with Crippen LogP contribution in [-0.2, 0) is 17.8 Å². The highest BCUT2D eigenvalue weighted by Crippen LogP contribution is 2.27. The van der Waals surface area contributed by atoms with Crippen LogP contribution in [0.3, 0.4) is 0 Å². The van der Waals surface area contributed by atoms with E-state index in [0.717, 1.165) is 34.7 Å². The number of hydrogen-bond acceptors (Lipinski definition) is 5. The number of ether oxygens (including phenoxy) is 1. The molecule has 0 aliphatic carbocycles. The van der Waals surface area contributed by atoms with Crippen LogP contribution in [-0.4, -0.2) is 26.1 Å². The highest BCUT2D eigenvalue weighted by Gasteiger charge is 2.19. The maximum absolute atomic E-state index is 6.09. The smallest absolute Gasteiger partial charge is 0.224 e. The summed E-state index contributed by atoms with van der Waals surface area (Å²) >= 11 is 6.09. The third kappa shape index (κ3) is 3.36. The average molecular weight is 356 g/mol. The minimum Gasteiger partial charge on any atom is -0.376 e. The quantitative estimate of drug-likeness (QED) is 0.725. The predicted octanol–water partition coefficient (Wildman–Crippen LogP) is 3.56. The second-order valence-corrected chi connectivity index (χ2v) is 6.34. The molecule has 0 bridgehead atoms. The lowest BCUT2D eigenvalue weighted by molar-refractivity contribution is 0.109. The van der Waals surface area contributed by atoms with Crippen molar-refractivity contribution in [2.75, 3.05) is 11.9 Å². The molecular weight excluding hydrogens is 338 g/mol. The zero-order valence-corrected chi connectivity index (χ0v) is 14.6. The van der Waals surface area contributed by atoms with E-state index in [9.17, 15) is 0 Å². The Balaban J connectivity index is 1.62. The molecule has 0 saturated heterocycles. The van der Waals surface area contributed by atoms with Gasteiger partial charge in [-0.2, -0.15) is 0 Å². The van der Waals surface area contributed by atoms with Gasteiger partial charge in [0.25, 0.3) is 0 Å². The molecule has 1 aromatic carbocycles. The number of imidazole rings is 1. The summed E-state index contributed by atoms with van der Waals surface area (Å²) < 4.78 is 7.54. The van der Waals surface area contributed by atoms with Crippen LogP contribution in [0.2, 0.25) is 5.28 Å². The van der Waals surface area contributed by atoms with Gasteiger partial charge >= 0.3 is 0 Å². The van der Waals surface area contributed by atoms with Crippen molar-refractivity contribution in [3.8, 4) is 5.69 Å². The fraction of sp³-hybridized carbons (Fsp3) is 0.278. The molecule has 1 atom stereocenters. The second kappa shape index (κ2) is 6.82. The van der Waals surface area contributed by atoms with E-state index in [0.29, 0.717) is 13.2 Å². The first-order valence-corrected chi connectivity index (χ1v) is 8.56. The molecule has 25 heavy (non-hydrogen) atoms. The van der Waals surface area contributed by atoms with Gasteiger partial charge in [-0.3, -0.25) is 0 Å². The van der Waals surface area contributed by atoms with Crippen molar-refractivity contribution in [2.45, 2.75) is 26.0 Å². The van der Waals surface area contributed by atoms with Gasteiger partial charge in [-0.15, -0.1) is 0 Å². The van der Waals surface area contributed by atoms with Crippen LogP contribution in [0.4, 0.5) is 5.82 Å². The van der Waals surface area contributed by atoms with E-state index in [4.69, 9.17) is 16.3 Å². The van der Waals surface area contributed by atoms with Crippen molar-refractivity contribution in [1.29, 1.82) is 0 Å². The highest BCUT2D eigenvalue weighted by atomic mass is 35.5. The molecule has 3 aromatic rings. The Kier molecular flexibility index (Phi) is 4.38. The highest BCUT2D eigenvalue weighted by molar-refractivity contribution is 6.28. The number of fused-ring (bicyclic) bond motifs is 1. The Bertz CT molecular complexity index is 881. The maximum atomic E-state index is 6.09. The van der Waals surface area contributed by atoms with E-state index in [1.807, 2.05) is 16.8 Å². The molecule has 1 aliphatic rings. The van der Waals surface area contributed by atoms with Crippen LogP contribution in [0, 0.1) is 0 Å². The molecular formula is C18H18ClN5O. The SMILES string of the molecule is CC(Nc1nc(Cl)nc2c1COCC2)c1cccc(-n2ccnc2)c1. The van der Waals surface area contributed by atoms with E-state index in [1.165, 1.54) is 0 Å². The zero-order chi connectivity index (χ0) is 17.2. The Morgan fingerprint density at radius 1 is 1.32 bits per heavy atom. The summed E-state index contributed by atoms with van der Waals surface area (Å²) in [7, 11) is 0. The normalized spacial score (nSPS) is 14.8. The van der Waals surface area contributed by atoms with Crippen molar-refractivity contribution in [2.24, 2.45) is 0 Å². The Labute approximate surface area is 150 Å². The molecule has 128 valence electrons. The van der Waals surface area contributed by atoms with Crippen LogP contribution in [0.15, 0.2) is 43.0 Å². The summed E-state index contributed by atoms with van der Waals surface area (Å²) in [5, 5.41) is 3.73. The van der Waals surface area contributed by atoms with Crippen molar-refractivity contribution in [3.63, 3.8) is 0 Å². The fourth-order valence-corrected chi connectivity index (χ4v) is 3.16. The van der Waals surface area contributed by atoms with Crippen LogP contribution in [0.1, 0.15) is 29.8 Å². The lowest BCUT2D eigenvalue weighted by Crippen LogP contribution is -2.18. The zero-order valence-electron chi connectivity index (χ0n) is 13.8. The molecule has 0 fully saturated rings. The average Bonchev–Trinajstić information content (AvgIpc) is 3.16. The van der Waals surface area contributed by atoms with Crippen molar-refractivity contribution in [3.05, 3.63) is 65.1 Å². The van der Waals surface area contributed by atoms with Gasteiger partial charge in [0.15, 0.2) is 0 Å². The number of aromatic nitrogens is 4. The molecule has 1 N–H and O–H groups in total. The van der Waals surface area contributed by atoms with Gasteiger partial charge in [-0.25, -0.2) is 15.0 Å². The molecule has 0 saturated carbocycles. The first-order chi connectivity index (χ1) is 12.2. The van der Waals surface area contributed by atoms with Gasteiger partial charge in [0.05, 0.1) is 31.3 Å². The maximum Gasteiger partial charge on any atom is 0.224 e. The van der Waals surface area contributed by atoms with Crippen LogP contribution < -0.4 is 5.32 Å². The molecule has 2 aromatic heterocycles. The van der Waals surface area contributed by atoms with Gasteiger partial charge in [-0.1, -0.05) is 12.1 Å². The monoisotopic (exact) mass is 355 g/mol. The molecule has 1 aliphatic heterocycles. The largest absolute Gasteiger partial charge is 0.376 e. The topological polar surface area (TPSA) is 64.9 Å². The number of anilines is 1. The van der Waals surface area contributed by atoms with Gasteiger partial charge in [0, 0.05) is 30.1 Å². The summed E-state index contributed by atoms with van der Waals surface area (Å²) in [4.78, 5) is 12.8. The minimum absolute atomic E-state index is 0.0560. The first-order valence-electron chi connectivity index (χ1n) is 8.18. The Morgan fingerprint density at radius 2 is 2.24 bits per heavy atom. The number of nitrogens with one attached hydrogen (secondary N) is 1. The van der Waals surface area contributed by atoms with E-state index >= 15 is 0 Å². The molecule has 1 unspecified atom stereocenters. The summed E-state index contributed by atoms with van der Waals surface area (Å²) in [6.07, 6.45) is 6.24. The van der Waals surface area contributed by atoms with Crippen molar-refractivity contribution >= 4 is 17.4 Å². The summed E-state index contributed by atoms with van der Waals surface area (Å²) in [6.45, 7) is 3.28. The van der Waals surface area contributed by atoms with E-state index in [1.54, 1.807) is 12.5 Å². The second-order valence-electron chi connectivity index (χ2n) is 6.00. The number of nitrogens with zero attached hydrogens (tertiary/aromatic N) is 4. The first kappa shape index (κ1) is 16.1. The van der Waals surface area contributed by atoms with Gasteiger partial charge in [0.2, 0.25) is 5.28 Å². The van der Waals surface area contributed by atoms with E-state index < -0.39 is 0 Å². The van der Waals surface area contributed by atoms with Crippen LogP contribution in [0.5, 0.6) is 0 Å². The standard InChI is InChI=1S/C18H18ClN5O/c1-12(13-3-2-4-14(9-13)24-7-6-20-11-24)21-17-15-10-25-8-5-16(15)22-18(19)23-17/h2-4,6-7,9,11-12H,5,8,10H2,1H3,(H,21,22,23). The summed E-state index contributed by atoms with van der Waals surface area (Å²) in [5.74, 6) is 0.746. The predicted molar refractivity (Wildman–Crippen MR) is 96.0 cm³/mol. The Hall–Kier alpha value is -2.44. The number of benzene rings is 1. The third-order valence-electron chi connectivity index (χ3n) is 4.32. The van der Waals surface area contributed by atoms with Crippen LogP contribution in [0.25, 0.3) is 5.69 Å². The van der Waals surface area contributed by atoms with Crippen molar-refractivity contribution < 1.29 is 4.74 Å². The molecule has 3 heterocycles. The molecule has 0 amide bonds. The van der Waals surface area contributed by atoms with Gasteiger partial charge in [0.1, 0.15) is 5.82 Å². The number of hydrogen-bond donors (Lipinski definition) is 1. The molecule has 0 spiro atoms. The van der Waals surface area contributed by atoms with Crippen molar-refractivity contribution in [1.82, 2.24) is 19.5 Å². The van der Waals surface area contributed by atoms with Gasteiger partial charge < -0.3 is 14.6 Å².